The van der Waals surface area contributed by atoms with Gasteiger partial charge in [0.1, 0.15) is 5.75 Å². The summed E-state index contributed by atoms with van der Waals surface area (Å²) in [5.74, 6) is 1.50. The lowest BCUT2D eigenvalue weighted by molar-refractivity contribution is 0.455. The minimum Gasteiger partial charge on any atom is -0.439 e. The SMILES string of the molecule is Cc1cc(CBr)cnc1Oc1cccc(C(C)(C)C)c1. The summed E-state index contributed by atoms with van der Waals surface area (Å²) in [5.41, 5.74) is 3.56. The van der Waals surface area contributed by atoms with Crippen LogP contribution < -0.4 is 4.74 Å². The topological polar surface area (TPSA) is 22.1 Å². The van der Waals surface area contributed by atoms with Crippen LogP contribution in [0.4, 0.5) is 0 Å². The molecule has 2 rings (SSSR count). The smallest absolute Gasteiger partial charge is 0.222 e. The molecule has 0 bridgehead atoms. The van der Waals surface area contributed by atoms with E-state index in [1.807, 2.05) is 25.3 Å². The van der Waals surface area contributed by atoms with E-state index in [0.717, 1.165) is 22.2 Å². The van der Waals surface area contributed by atoms with Crippen molar-refractivity contribution < 1.29 is 4.74 Å². The maximum absolute atomic E-state index is 5.92. The molecule has 0 aliphatic carbocycles. The van der Waals surface area contributed by atoms with Gasteiger partial charge in [0.05, 0.1) is 0 Å². The number of alkyl halides is 1. The quantitative estimate of drug-likeness (QED) is 0.704. The number of nitrogens with zero attached hydrogens (tertiary/aromatic N) is 1. The fraction of sp³-hybridized carbons (Fsp3) is 0.353. The Morgan fingerprint density at radius 3 is 2.55 bits per heavy atom. The number of aryl methyl sites for hydroxylation is 1. The van der Waals surface area contributed by atoms with E-state index in [1.165, 1.54) is 5.56 Å². The summed E-state index contributed by atoms with van der Waals surface area (Å²) >= 11 is 3.43. The summed E-state index contributed by atoms with van der Waals surface area (Å²) in [6.07, 6.45) is 1.84. The van der Waals surface area contributed by atoms with Gasteiger partial charge in [0.15, 0.2) is 0 Å². The lowest BCUT2D eigenvalue weighted by atomic mass is 9.87. The number of hydrogen-bond donors (Lipinski definition) is 0. The van der Waals surface area contributed by atoms with Gasteiger partial charge in [0, 0.05) is 17.1 Å². The fourth-order valence-corrected chi connectivity index (χ4v) is 2.24. The number of hydrogen-bond acceptors (Lipinski definition) is 2. The molecule has 20 heavy (non-hydrogen) atoms. The number of rotatable bonds is 3. The van der Waals surface area contributed by atoms with Gasteiger partial charge in [0.25, 0.3) is 0 Å². The van der Waals surface area contributed by atoms with Crippen molar-refractivity contribution in [3.63, 3.8) is 0 Å². The van der Waals surface area contributed by atoms with Crippen LogP contribution in [0.25, 0.3) is 0 Å². The molecule has 1 aromatic carbocycles. The van der Waals surface area contributed by atoms with E-state index in [2.05, 4.69) is 59.9 Å². The molecular formula is C17H20BrNO. The van der Waals surface area contributed by atoms with Crippen molar-refractivity contribution in [2.45, 2.75) is 38.4 Å². The molecule has 0 aliphatic rings. The van der Waals surface area contributed by atoms with E-state index < -0.39 is 0 Å². The van der Waals surface area contributed by atoms with Crippen molar-refractivity contribution in [1.29, 1.82) is 0 Å². The second-order valence-corrected chi connectivity index (χ2v) is 6.54. The lowest BCUT2D eigenvalue weighted by Crippen LogP contribution is -2.10. The molecule has 3 heteroatoms. The number of halogens is 1. The highest BCUT2D eigenvalue weighted by Gasteiger charge is 2.14. The van der Waals surface area contributed by atoms with Gasteiger partial charge in [0.2, 0.25) is 5.88 Å². The third-order valence-corrected chi connectivity index (χ3v) is 3.80. The van der Waals surface area contributed by atoms with E-state index in [1.54, 1.807) is 0 Å². The first kappa shape index (κ1) is 15.0. The molecule has 106 valence electrons. The molecule has 0 spiro atoms. The van der Waals surface area contributed by atoms with Gasteiger partial charge in [-0.25, -0.2) is 4.98 Å². The second-order valence-electron chi connectivity index (χ2n) is 5.98. The monoisotopic (exact) mass is 333 g/mol. The van der Waals surface area contributed by atoms with Crippen LogP contribution in [-0.2, 0) is 10.7 Å². The van der Waals surface area contributed by atoms with Crippen LogP contribution in [-0.4, -0.2) is 4.98 Å². The van der Waals surface area contributed by atoms with Crippen molar-refractivity contribution in [2.75, 3.05) is 0 Å². The Morgan fingerprint density at radius 2 is 1.95 bits per heavy atom. The van der Waals surface area contributed by atoms with Gasteiger partial charge in [-0.1, -0.05) is 48.8 Å². The zero-order chi connectivity index (χ0) is 14.8. The Balaban J connectivity index is 2.26. The minimum atomic E-state index is 0.113. The molecule has 0 fully saturated rings. The van der Waals surface area contributed by atoms with Gasteiger partial charge >= 0.3 is 0 Å². The normalized spacial score (nSPS) is 11.4. The van der Waals surface area contributed by atoms with Gasteiger partial charge in [-0.05, 0) is 41.7 Å². The molecule has 0 saturated heterocycles. The van der Waals surface area contributed by atoms with Crippen molar-refractivity contribution in [3.05, 3.63) is 53.2 Å². The number of pyridine rings is 1. The van der Waals surface area contributed by atoms with E-state index >= 15 is 0 Å². The zero-order valence-corrected chi connectivity index (χ0v) is 14.0. The van der Waals surface area contributed by atoms with Crippen LogP contribution in [0.2, 0.25) is 0 Å². The van der Waals surface area contributed by atoms with Crippen molar-refractivity contribution >= 4 is 15.9 Å². The summed E-state index contributed by atoms with van der Waals surface area (Å²) in [7, 11) is 0. The summed E-state index contributed by atoms with van der Waals surface area (Å²) in [5, 5.41) is 0.806. The Morgan fingerprint density at radius 1 is 1.20 bits per heavy atom. The molecule has 0 aliphatic heterocycles. The Bertz CT molecular complexity index is 602. The molecule has 2 nitrogen and oxygen atoms in total. The standard InChI is InChI=1S/C17H20BrNO/c1-12-8-13(10-18)11-19-16(12)20-15-7-5-6-14(9-15)17(2,3)4/h5-9,11H,10H2,1-4H3. The predicted octanol–water partition coefficient (Wildman–Crippen LogP) is 5.37. The molecule has 1 aromatic heterocycles. The van der Waals surface area contributed by atoms with Crippen LogP contribution in [0.3, 0.4) is 0 Å². The molecule has 0 unspecified atom stereocenters. The van der Waals surface area contributed by atoms with Crippen LogP contribution in [0, 0.1) is 6.92 Å². The van der Waals surface area contributed by atoms with Crippen LogP contribution in [0.1, 0.15) is 37.5 Å². The van der Waals surface area contributed by atoms with Crippen molar-refractivity contribution in [2.24, 2.45) is 0 Å². The Kier molecular flexibility index (Phi) is 4.48. The molecule has 0 amide bonds. The van der Waals surface area contributed by atoms with Crippen molar-refractivity contribution in [3.8, 4) is 11.6 Å². The molecule has 2 aromatic rings. The van der Waals surface area contributed by atoms with Crippen LogP contribution in [0.5, 0.6) is 11.6 Å². The molecular weight excluding hydrogens is 314 g/mol. The largest absolute Gasteiger partial charge is 0.439 e. The first-order valence-corrected chi connectivity index (χ1v) is 7.82. The summed E-state index contributed by atoms with van der Waals surface area (Å²) < 4.78 is 5.92. The predicted molar refractivity (Wildman–Crippen MR) is 86.8 cm³/mol. The first-order chi connectivity index (χ1) is 9.40. The Hall–Kier alpha value is -1.35. The maximum atomic E-state index is 5.92. The summed E-state index contributed by atoms with van der Waals surface area (Å²) in [6, 6.07) is 10.3. The number of aromatic nitrogens is 1. The summed E-state index contributed by atoms with van der Waals surface area (Å²) in [6.45, 7) is 8.60. The van der Waals surface area contributed by atoms with E-state index in [4.69, 9.17) is 4.74 Å². The van der Waals surface area contributed by atoms with Crippen LogP contribution >= 0.6 is 15.9 Å². The molecule has 0 radical (unpaired) electrons. The number of ether oxygens (including phenoxy) is 1. The average Bonchev–Trinajstić information content (AvgIpc) is 2.40. The van der Waals surface area contributed by atoms with E-state index in [9.17, 15) is 0 Å². The maximum Gasteiger partial charge on any atom is 0.222 e. The molecule has 0 N–H and O–H groups in total. The van der Waals surface area contributed by atoms with Gasteiger partial charge in [-0.2, -0.15) is 0 Å². The minimum absolute atomic E-state index is 0.113. The van der Waals surface area contributed by atoms with Gasteiger partial charge in [-0.15, -0.1) is 0 Å². The highest BCUT2D eigenvalue weighted by atomic mass is 79.9. The molecule has 1 heterocycles. The first-order valence-electron chi connectivity index (χ1n) is 6.70. The van der Waals surface area contributed by atoms with Gasteiger partial charge in [-0.3, -0.25) is 0 Å². The highest BCUT2D eigenvalue weighted by Crippen LogP contribution is 2.29. The lowest BCUT2D eigenvalue weighted by Gasteiger charge is -2.19. The average molecular weight is 334 g/mol. The third kappa shape index (κ3) is 3.60. The highest BCUT2D eigenvalue weighted by molar-refractivity contribution is 9.08. The van der Waals surface area contributed by atoms with E-state index in [-0.39, 0.29) is 5.41 Å². The summed E-state index contributed by atoms with van der Waals surface area (Å²) in [4.78, 5) is 4.38. The zero-order valence-electron chi connectivity index (χ0n) is 12.4. The number of benzene rings is 1. The fourth-order valence-electron chi connectivity index (χ4n) is 1.94. The van der Waals surface area contributed by atoms with E-state index in [0.29, 0.717) is 5.88 Å². The molecule has 0 saturated carbocycles. The van der Waals surface area contributed by atoms with Crippen LogP contribution in [0.15, 0.2) is 36.5 Å². The molecule has 0 atom stereocenters. The third-order valence-electron chi connectivity index (χ3n) is 3.16. The van der Waals surface area contributed by atoms with Gasteiger partial charge < -0.3 is 4.74 Å². The van der Waals surface area contributed by atoms with Crippen molar-refractivity contribution in [1.82, 2.24) is 4.98 Å². The Labute approximate surface area is 129 Å². The second kappa shape index (κ2) is 5.96.